The maximum Gasteiger partial charge on any atom is 0.323 e. The topological polar surface area (TPSA) is 56.9 Å². The second kappa shape index (κ2) is 5.09. The van der Waals surface area contributed by atoms with E-state index in [9.17, 15) is 4.79 Å². The number of anilines is 2. The van der Waals surface area contributed by atoms with Crippen molar-refractivity contribution in [2.75, 3.05) is 10.6 Å². The number of aromatic nitrogens is 1. The summed E-state index contributed by atoms with van der Waals surface area (Å²) in [4.78, 5) is 15.1. The van der Waals surface area contributed by atoms with E-state index in [1.807, 2.05) is 61.7 Å². The summed E-state index contributed by atoms with van der Waals surface area (Å²) in [5.41, 5.74) is 3.60. The zero-order chi connectivity index (χ0) is 13.9. The van der Waals surface area contributed by atoms with E-state index in [0.717, 1.165) is 27.8 Å². The number of aryl methyl sites for hydroxylation is 1. The number of amides is 2. The maximum absolute atomic E-state index is 12.0. The third kappa shape index (κ3) is 2.49. The molecule has 0 atom stereocenters. The Labute approximate surface area is 116 Å². The van der Waals surface area contributed by atoms with Gasteiger partial charge in [0.25, 0.3) is 0 Å². The van der Waals surface area contributed by atoms with Gasteiger partial charge in [0, 0.05) is 23.1 Å². The van der Waals surface area contributed by atoms with Gasteiger partial charge in [0.1, 0.15) is 0 Å². The molecule has 0 fully saturated rings. The van der Waals surface area contributed by atoms with E-state index >= 15 is 0 Å². The number of urea groups is 1. The Morgan fingerprint density at radius 2 is 1.90 bits per heavy atom. The molecule has 0 saturated carbocycles. The molecule has 0 aliphatic heterocycles. The standard InChI is InChI=1S/C16H15N3O/c1-11-4-2-3-5-14(11)19-16(20)18-13-7-6-12-8-9-17-15(12)10-13/h2-10,17H,1H3,(H2,18,19,20). The van der Waals surface area contributed by atoms with E-state index in [0.29, 0.717) is 0 Å². The molecule has 3 rings (SSSR count). The van der Waals surface area contributed by atoms with Crippen molar-refractivity contribution in [3.8, 4) is 0 Å². The number of hydrogen-bond acceptors (Lipinski definition) is 1. The molecule has 100 valence electrons. The van der Waals surface area contributed by atoms with Crippen molar-refractivity contribution in [1.82, 2.24) is 4.98 Å². The first-order valence-corrected chi connectivity index (χ1v) is 6.43. The van der Waals surface area contributed by atoms with Gasteiger partial charge >= 0.3 is 6.03 Å². The summed E-state index contributed by atoms with van der Waals surface area (Å²) in [6.45, 7) is 1.96. The largest absolute Gasteiger partial charge is 0.361 e. The number of hydrogen-bond donors (Lipinski definition) is 3. The lowest BCUT2D eigenvalue weighted by atomic mass is 10.2. The Kier molecular flexibility index (Phi) is 3.13. The lowest BCUT2D eigenvalue weighted by molar-refractivity contribution is 0.262. The Morgan fingerprint density at radius 1 is 1.05 bits per heavy atom. The van der Waals surface area contributed by atoms with Crippen LogP contribution in [0.25, 0.3) is 10.9 Å². The van der Waals surface area contributed by atoms with Gasteiger partial charge in [0.15, 0.2) is 0 Å². The highest BCUT2D eigenvalue weighted by Crippen LogP contribution is 2.18. The van der Waals surface area contributed by atoms with Crippen molar-refractivity contribution in [1.29, 1.82) is 0 Å². The normalized spacial score (nSPS) is 10.4. The molecular formula is C16H15N3O. The zero-order valence-corrected chi connectivity index (χ0v) is 11.1. The molecule has 0 radical (unpaired) electrons. The molecule has 4 nitrogen and oxygen atoms in total. The molecule has 3 aromatic rings. The lowest BCUT2D eigenvalue weighted by Gasteiger charge is -2.09. The van der Waals surface area contributed by atoms with Crippen LogP contribution in [0.2, 0.25) is 0 Å². The van der Waals surface area contributed by atoms with E-state index in [2.05, 4.69) is 15.6 Å². The number of para-hydroxylation sites is 1. The summed E-state index contributed by atoms with van der Waals surface area (Å²) in [5, 5.41) is 6.79. The molecule has 0 aliphatic rings. The number of rotatable bonds is 2. The Hall–Kier alpha value is -2.75. The highest BCUT2D eigenvalue weighted by Gasteiger charge is 2.05. The summed E-state index contributed by atoms with van der Waals surface area (Å²) in [6, 6.07) is 15.2. The van der Waals surface area contributed by atoms with Gasteiger partial charge in [-0.15, -0.1) is 0 Å². The van der Waals surface area contributed by atoms with Gasteiger partial charge in [-0.05, 0) is 42.1 Å². The first-order valence-electron chi connectivity index (χ1n) is 6.43. The van der Waals surface area contributed by atoms with Crippen LogP contribution in [0.1, 0.15) is 5.56 Å². The maximum atomic E-state index is 12.0. The first kappa shape index (κ1) is 12.3. The Morgan fingerprint density at radius 3 is 2.75 bits per heavy atom. The van der Waals surface area contributed by atoms with E-state index in [1.54, 1.807) is 0 Å². The number of H-pyrrole nitrogens is 1. The van der Waals surface area contributed by atoms with Gasteiger partial charge < -0.3 is 15.6 Å². The van der Waals surface area contributed by atoms with E-state index in [1.165, 1.54) is 0 Å². The van der Waals surface area contributed by atoms with Gasteiger partial charge in [0.2, 0.25) is 0 Å². The predicted molar refractivity (Wildman–Crippen MR) is 82.1 cm³/mol. The highest BCUT2D eigenvalue weighted by atomic mass is 16.2. The zero-order valence-electron chi connectivity index (χ0n) is 11.1. The molecule has 0 aliphatic carbocycles. The quantitative estimate of drug-likeness (QED) is 0.641. The summed E-state index contributed by atoms with van der Waals surface area (Å²) in [7, 11) is 0. The molecule has 20 heavy (non-hydrogen) atoms. The molecule has 0 unspecified atom stereocenters. The average Bonchev–Trinajstić information content (AvgIpc) is 2.89. The van der Waals surface area contributed by atoms with Crippen LogP contribution in [0.4, 0.5) is 16.2 Å². The van der Waals surface area contributed by atoms with E-state index < -0.39 is 0 Å². The summed E-state index contributed by atoms with van der Waals surface area (Å²) < 4.78 is 0. The second-order valence-corrected chi connectivity index (χ2v) is 4.67. The van der Waals surface area contributed by atoms with Gasteiger partial charge in [0.05, 0.1) is 0 Å². The highest BCUT2D eigenvalue weighted by molar-refractivity contribution is 6.01. The minimum Gasteiger partial charge on any atom is -0.361 e. The second-order valence-electron chi connectivity index (χ2n) is 4.67. The van der Waals surface area contributed by atoms with Crippen molar-refractivity contribution < 1.29 is 4.79 Å². The van der Waals surface area contributed by atoms with Gasteiger partial charge in [-0.2, -0.15) is 0 Å². The van der Waals surface area contributed by atoms with Crippen LogP contribution < -0.4 is 10.6 Å². The number of carbonyl (C=O) groups is 1. The van der Waals surface area contributed by atoms with Crippen LogP contribution >= 0.6 is 0 Å². The third-order valence-corrected chi connectivity index (χ3v) is 3.21. The van der Waals surface area contributed by atoms with Gasteiger partial charge in [-0.25, -0.2) is 4.79 Å². The SMILES string of the molecule is Cc1ccccc1NC(=O)Nc1ccc2cc[nH]c2c1. The van der Waals surface area contributed by atoms with Crippen molar-refractivity contribution >= 4 is 28.3 Å². The molecule has 1 heterocycles. The number of benzene rings is 2. The fraction of sp³-hybridized carbons (Fsp3) is 0.0625. The number of carbonyl (C=O) groups excluding carboxylic acids is 1. The van der Waals surface area contributed by atoms with Crippen molar-refractivity contribution in [2.24, 2.45) is 0 Å². The summed E-state index contributed by atoms with van der Waals surface area (Å²) >= 11 is 0. The minimum absolute atomic E-state index is 0.245. The molecule has 4 heteroatoms. The first-order chi connectivity index (χ1) is 9.72. The van der Waals surface area contributed by atoms with Crippen LogP contribution in [0.5, 0.6) is 0 Å². The van der Waals surface area contributed by atoms with Crippen LogP contribution in [0.15, 0.2) is 54.7 Å². The fourth-order valence-corrected chi connectivity index (χ4v) is 2.12. The third-order valence-electron chi connectivity index (χ3n) is 3.21. The van der Waals surface area contributed by atoms with Gasteiger partial charge in [-0.3, -0.25) is 0 Å². The van der Waals surface area contributed by atoms with Crippen molar-refractivity contribution in [3.63, 3.8) is 0 Å². The molecule has 2 amide bonds. The number of nitrogens with one attached hydrogen (secondary N) is 3. The smallest absolute Gasteiger partial charge is 0.323 e. The van der Waals surface area contributed by atoms with Crippen molar-refractivity contribution in [3.05, 3.63) is 60.3 Å². The van der Waals surface area contributed by atoms with Crippen LogP contribution in [0, 0.1) is 6.92 Å². The number of aromatic amines is 1. The van der Waals surface area contributed by atoms with Crippen molar-refractivity contribution in [2.45, 2.75) is 6.92 Å². The monoisotopic (exact) mass is 265 g/mol. The van der Waals surface area contributed by atoms with E-state index in [-0.39, 0.29) is 6.03 Å². The molecule has 1 aromatic heterocycles. The predicted octanol–water partition coefficient (Wildman–Crippen LogP) is 4.12. The minimum atomic E-state index is -0.245. The average molecular weight is 265 g/mol. The number of fused-ring (bicyclic) bond motifs is 1. The molecule has 0 spiro atoms. The Bertz CT molecular complexity index is 761. The Balaban J connectivity index is 1.74. The molecular weight excluding hydrogens is 250 g/mol. The van der Waals surface area contributed by atoms with Crippen LogP contribution in [-0.2, 0) is 0 Å². The molecule has 0 saturated heterocycles. The fourth-order valence-electron chi connectivity index (χ4n) is 2.12. The van der Waals surface area contributed by atoms with Crippen LogP contribution in [0.3, 0.4) is 0 Å². The molecule has 3 N–H and O–H groups in total. The van der Waals surface area contributed by atoms with Crippen LogP contribution in [-0.4, -0.2) is 11.0 Å². The molecule has 2 aromatic carbocycles. The molecule has 0 bridgehead atoms. The summed E-state index contributed by atoms with van der Waals surface area (Å²) in [6.07, 6.45) is 1.88. The lowest BCUT2D eigenvalue weighted by Crippen LogP contribution is -2.19. The summed E-state index contributed by atoms with van der Waals surface area (Å²) in [5.74, 6) is 0. The van der Waals surface area contributed by atoms with Gasteiger partial charge in [-0.1, -0.05) is 24.3 Å². The van der Waals surface area contributed by atoms with E-state index in [4.69, 9.17) is 0 Å².